The van der Waals surface area contributed by atoms with Crippen LogP contribution in [-0.4, -0.2) is 11.1 Å². The Labute approximate surface area is 107 Å². The van der Waals surface area contributed by atoms with Crippen LogP contribution in [0.4, 0.5) is 0 Å². The number of rotatable bonds is 2. The molecule has 1 aromatic carbocycles. The third kappa shape index (κ3) is 2.13. The maximum Gasteiger partial charge on any atom is 0.335 e. The lowest BCUT2D eigenvalue weighted by Gasteiger charge is -2.08. The van der Waals surface area contributed by atoms with Gasteiger partial charge in [-0.1, -0.05) is 6.07 Å². The Morgan fingerprint density at radius 1 is 1.29 bits per heavy atom. The van der Waals surface area contributed by atoms with Crippen LogP contribution >= 0.6 is 15.9 Å². The number of aromatic carboxylic acids is 1. The zero-order valence-electron chi connectivity index (χ0n) is 9.45. The minimum absolute atomic E-state index is 0.300. The molecule has 1 N–H and O–H groups in total. The molecule has 0 aliphatic carbocycles. The first-order valence-electron chi connectivity index (χ1n) is 5.08. The summed E-state index contributed by atoms with van der Waals surface area (Å²) in [6, 6.07) is 5.29. The predicted octanol–water partition coefficient (Wildman–Crippen LogP) is 4.02. The third-order valence-corrected chi connectivity index (χ3v) is 3.29. The molecule has 0 aliphatic heterocycles. The van der Waals surface area contributed by atoms with Gasteiger partial charge in [-0.15, -0.1) is 0 Å². The summed E-state index contributed by atoms with van der Waals surface area (Å²) in [6.07, 6.45) is 1.57. The largest absolute Gasteiger partial charge is 0.478 e. The molecule has 0 radical (unpaired) electrons. The molecule has 1 heterocycles. The van der Waals surface area contributed by atoms with Gasteiger partial charge in [0, 0.05) is 5.56 Å². The molecule has 2 aromatic rings. The molecule has 0 aliphatic rings. The molecular weight excluding hydrogens is 284 g/mol. The van der Waals surface area contributed by atoms with Crippen molar-refractivity contribution in [3.05, 3.63) is 45.6 Å². The molecule has 3 nitrogen and oxygen atoms in total. The van der Waals surface area contributed by atoms with Crippen LogP contribution in [0.2, 0.25) is 0 Å². The topological polar surface area (TPSA) is 50.4 Å². The van der Waals surface area contributed by atoms with Crippen molar-refractivity contribution in [1.82, 2.24) is 0 Å². The van der Waals surface area contributed by atoms with Crippen molar-refractivity contribution in [3.63, 3.8) is 0 Å². The summed E-state index contributed by atoms with van der Waals surface area (Å²) in [5.74, 6) is -0.267. The average Bonchev–Trinajstić information content (AvgIpc) is 2.64. The molecular formula is C13H11BrO3. The van der Waals surface area contributed by atoms with Crippen molar-refractivity contribution in [1.29, 1.82) is 0 Å². The van der Waals surface area contributed by atoms with Gasteiger partial charge in [-0.25, -0.2) is 4.79 Å². The van der Waals surface area contributed by atoms with Crippen LogP contribution in [-0.2, 0) is 0 Å². The molecule has 1 aromatic heterocycles. The SMILES string of the molecule is Cc1cc(C)c(-c2occc2Br)cc1C(=O)O. The summed E-state index contributed by atoms with van der Waals surface area (Å²) in [6.45, 7) is 3.72. The van der Waals surface area contributed by atoms with Crippen LogP contribution in [0.5, 0.6) is 0 Å². The smallest absolute Gasteiger partial charge is 0.335 e. The van der Waals surface area contributed by atoms with Crippen molar-refractivity contribution in [2.24, 2.45) is 0 Å². The molecule has 0 spiro atoms. The Kier molecular flexibility index (Phi) is 3.07. The van der Waals surface area contributed by atoms with Crippen molar-refractivity contribution >= 4 is 21.9 Å². The number of carboxylic acids is 1. The molecule has 0 saturated carbocycles. The second-order valence-corrected chi connectivity index (χ2v) is 4.74. The highest BCUT2D eigenvalue weighted by Gasteiger charge is 2.15. The maximum atomic E-state index is 11.1. The van der Waals surface area contributed by atoms with E-state index in [9.17, 15) is 4.79 Å². The number of carboxylic acid groups (broad SMARTS) is 1. The summed E-state index contributed by atoms with van der Waals surface area (Å²) in [4.78, 5) is 11.1. The van der Waals surface area contributed by atoms with E-state index < -0.39 is 5.97 Å². The normalized spacial score (nSPS) is 10.5. The van der Waals surface area contributed by atoms with Gasteiger partial charge >= 0.3 is 5.97 Å². The monoisotopic (exact) mass is 294 g/mol. The molecule has 0 saturated heterocycles. The number of halogens is 1. The Balaban J connectivity index is 2.67. The minimum Gasteiger partial charge on any atom is -0.478 e. The van der Waals surface area contributed by atoms with E-state index in [4.69, 9.17) is 9.52 Å². The van der Waals surface area contributed by atoms with E-state index in [0.717, 1.165) is 21.2 Å². The standard InChI is InChI=1S/C13H11BrO3/c1-7-5-8(2)10(13(15)16)6-9(7)12-11(14)3-4-17-12/h3-6H,1-2H3,(H,15,16). The molecule has 0 atom stereocenters. The lowest BCUT2D eigenvalue weighted by atomic mass is 9.98. The fourth-order valence-corrected chi connectivity index (χ4v) is 2.23. The van der Waals surface area contributed by atoms with E-state index in [1.54, 1.807) is 25.3 Å². The summed E-state index contributed by atoms with van der Waals surface area (Å²) >= 11 is 3.38. The highest BCUT2D eigenvalue weighted by Crippen LogP contribution is 2.33. The summed E-state index contributed by atoms with van der Waals surface area (Å²) in [7, 11) is 0. The van der Waals surface area contributed by atoms with Gasteiger partial charge in [-0.05, 0) is 53.0 Å². The van der Waals surface area contributed by atoms with Crippen LogP contribution in [0.3, 0.4) is 0 Å². The van der Waals surface area contributed by atoms with Gasteiger partial charge in [-0.2, -0.15) is 0 Å². The van der Waals surface area contributed by atoms with Crippen LogP contribution in [0.1, 0.15) is 21.5 Å². The Bertz CT molecular complexity index is 584. The van der Waals surface area contributed by atoms with Crippen LogP contribution in [0.25, 0.3) is 11.3 Å². The molecule has 17 heavy (non-hydrogen) atoms. The molecule has 4 heteroatoms. The molecule has 0 unspecified atom stereocenters. The van der Waals surface area contributed by atoms with Gasteiger partial charge in [0.25, 0.3) is 0 Å². The molecule has 0 fully saturated rings. The fraction of sp³-hybridized carbons (Fsp3) is 0.154. The number of furan rings is 1. The molecule has 88 valence electrons. The van der Waals surface area contributed by atoms with Crippen LogP contribution in [0, 0.1) is 13.8 Å². The van der Waals surface area contributed by atoms with Gasteiger partial charge in [0.05, 0.1) is 16.3 Å². The number of hydrogen-bond acceptors (Lipinski definition) is 2. The van der Waals surface area contributed by atoms with E-state index in [1.165, 1.54) is 0 Å². The number of hydrogen-bond donors (Lipinski definition) is 1. The number of benzene rings is 1. The fourth-order valence-electron chi connectivity index (χ4n) is 1.81. The van der Waals surface area contributed by atoms with E-state index in [2.05, 4.69) is 15.9 Å². The van der Waals surface area contributed by atoms with Gasteiger partial charge in [-0.3, -0.25) is 0 Å². The lowest BCUT2D eigenvalue weighted by Crippen LogP contribution is -2.01. The van der Waals surface area contributed by atoms with Crippen molar-refractivity contribution in [2.45, 2.75) is 13.8 Å². The Hall–Kier alpha value is -1.55. The van der Waals surface area contributed by atoms with Crippen molar-refractivity contribution in [2.75, 3.05) is 0 Å². The summed E-state index contributed by atoms with van der Waals surface area (Å²) in [5.41, 5.74) is 2.84. The highest BCUT2D eigenvalue weighted by atomic mass is 79.9. The molecule has 0 bridgehead atoms. The van der Waals surface area contributed by atoms with Crippen LogP contribution < -0.4 is 0 Å². The molecule has 2 rings (SSSR count). The van der Waals surface area contributed by atoms with Gasteiger partial charge < -0.3 is 9.52 Å². The second kappa shape index (κ2) is 4.37. The summed E-state index contributed by atoms with van der Waals surface area (Å²) in [5, 5.41) is 9.11. The minimum atomic E-state index is -0.925. The summed E-state index contributed by atoms with van der Waals surface area (Å²) < 4.78 is 6.19. The first kappa shape index (κ1) is 11.9. The van der Waals surface area contributed by atoms with E-state index in [0.29, 0.717) is 11.3 Å². The lowest BCUT2D eigenvalue weighted by molar-refractivity contribution is 0.0696. The predicted molar refractivity (Wildman–Crippen MR) is 68.3 cm³/mol. The first-order chi connectivity index (χ1) is 8.00. The number of carbonyl (C=O) groups is 1. The maximum absolute atomic E-state index is 11.1. The van der Waals surface area contributed by atoms with Crippen molar-refractivity contribution < 1.29 is 14.3 Å². The number of aryl methyl sites for hydroxylation is 2. The Morgan fingerprint density at radius 3 is 2.53 bits per heavy atom. The van der Waals surface area contributed by atoms with E-state index >= 15 is 0 Å². The zero-order chi connectivity index (χ0) is 12.6. The zero-order valence-corrected chi connectivity index (χ0v) is 11.0. The van der Waals surface area contributed by atoms with E-state index in [-0.39, 0.29) is 0 Å². The van der Waals surface area contributed by atoms with E-state index in [1.807, 2.05) is 13.0 Å². The third-order valence-electron chi connectivity index (χ3n) is 2.66. The Morgan fingerprint density at radius 2 is 2.00 bits per heavy atom. The molecule has 0 amide bonds. The van der Waals surface area contributed by atoms with Crippen LogP contribution in [0.15, 0.2) is 33.4 Å². The first-order valence-corrected chi connectivity index (χ1v) is 5.88. The van der Waals surface area contributed by atoms with Gasteiger partial charge in [0.2, 0.25) is 0 Å². The van der Waals surface area contributed by atoms with Crippen molar-refractivity contribution in [3.8, 4) is 11.3 Å². The van der Waals surface area contributed by atoms with Gasteiger partial charge in [0.15, 0.2) is 0 Å². The second-order valence-electron chi connectivity index (χ2n) is 3.88. The quantitative estimate of drug-likeness (QED) is 0.910. The highest BCUT2D eigenvalue weighted by molar-refractivity contribution is 9.10. The average molecular weight is 295 g/mol. The van der Waals surface area contributed by atoms with Gasteiger partial charge in [0.1, 0.15) is 5.76 Å².